The van der Waals surface area contributed by atoms with Gasteiger partial charge in [-0.05, 0) is 17.7 Å². The molecule has 0 heterocycles. The van der Waals surface area contributed by atoms with Gasteiger partial charge in [0, 0.05) is 6.08 Å². The van der Waals surface area contributed by atoms with Crippen LogP contribution in [0.25, 0.3) is 5.57 Å². The highest BCUT2D eigenvalue weighted by molar-refractivity contribution is 5.89. The Kier molecular flexibility index (Phi) is 4.46. The Hall–Kier alpha value is -1.99. The van der Waals surface area contributed by atoms with Crippen LogP contribution in [0.2, 0.25) is 0 Å². The molecule has 0 spiro atoms. The minimum atomic E-state index is -5.16. The van der Waals surface area contributed by atoms with Crippen molar-refractivity contribution in [2.45, 2.75) is 12.4 Å². The number of allylic oxidation sites excluding steroid dienone is 2. The average Bonchev–Trinajstić information content (AvgIpc) is 2.33. The van der Waals surface area contributed by atoms with Crippen molar-refractivity contribution < 1.29 is 35.9 Å². The van der Waals surface area contributed by atoms with Crippen LogP contribution >= 0.6 is 0 Å². The van der Waals surface area contributed by atoms with Crippen LogP contribution in [0, 0.1) is 0 Å². The highest BCUT2D eigenvalue weighted by Crippen LogP contribution is 2.37. The van der Waals surface area contributed by atoms with E-state index in [9.17, 15) is 31.1 Å². The summed E-state index contributed by atoms with van der Waals surface area (Å²) in [5.41, 5.74) is -2.59. The number of esters is 1. The molecule has 0 saturated heterocycles. The van der Waals surface area contributed by atoms with E-state index in [0.29, 0.717) is 0 Å². The zero-order chi connectivity index (χ0) is 15.6. The lowest BCUT2D eigenvalue weighted by Crippen LogP contribution is -2.15. The van der Waals surface area contributed by atoms with E-state index >= 15 is 0 Å². The van der Waals surface area contributed by atoms with Crippen LogP contribution < -0.4 is 0 Å². The molecule has 2 nitrogen and oxygen atoms in total. The third-order valence-corrected chi connectivity index (χ3v) is 2.23. The first-order valence-corrected chi connectivity index (χ1v) is 5.10. The number of methoxy groups -OCH3 is 1. The van der Waals surface area contributed by atoms with Crippen LogP contribution in [0.1, 0.15) is 15.9 Å². The summed E-state index contributed by atoms with van der Waals surface area (Å²) in [4.78, 5) is 11.1. The van der Waals surface area contributed by atoms with Crippen molar-refractivity contribution in [3.8, 4) is 0 Å². The molecule has 1 rings (SSSR count). The summed E-state index contributed by atoms with van der Waals surface area (Å²) in [6, 6.07) is 3.46. The number of rotatable bonds is 2. The van der Waals surface area contributed by atoms with Crippen molar-refractivity contribution in [3.05, 3.63) is 41.5 Å². The molecule has 0 atom stereocenters. The molecule has 0 N–H and O–H groups in total. The van der Waals surface area contributed by atoms with Crippen LogP contribution in [-0.4, -0.2) is 25.4 Å². The van der Waals surface area contributed by atoms with E-state index in [0.717, 1.165) is 31.4 Å². The largest absolute Gasteiger partial charge is 0.465 e. The number of hydrogen-bond donors (Lipinski definition) is 0. The van der Waals surface area contributed by atoms with Crippen LogP contribution in [0.5, 0.6) is 0 Å². The van der Waals surface area contributed by atoms with Gasteiger partial charge in [-0.25, -0.2) is 4.79 Å². The van der Waals surface area contributed by atoms with Crippen molar-refractivity contribution in [1.82, 2.24) is 0 Å². The smallest absolute Gasteiger partial charge is 0.417 e. The normalized spacial score (nSPS) is 13.2. The van der Waals surface area contributed by atoms with E-state index in [1.807, 2.05) is 0 Å². The summed E-state index contributed by atoms with van der Waals surface area (Å²) in [7, 11) is 1.07. The number of ether oxygens (including phenoxy) is 1. The summed E-state index contributed by atoms with van der Waals surface area (Å²) in [6.45, 7) is 0. The van der Waals surface area contributed by atoms with Gasteiger partial charge in [0.2, 0.25) is 0 Å². The van der Waals surface area contributed by atoms with Gasteiger partial charge in [0.05, 0.1) is 18.2 Å². The molecular formula is C12H8F6O2. The molecule has 1 aromatic rings. The van der Waals surface area contributed by atoms with E-state index in [4.69, 9.17) is 0 Å². The van der Waals surface area contributed by atoms with Gasteiger partial charge in [-0.1, -0.05) is 12.1 Å². The van der Waals surface area contributed by atoms with E-state index < -0.39 is 35.5 Å². The first kappa shape index (κ1) is 16.1. The van der Waals surface area contributed by atoms with Gasteiger partial charge in [0.1, 0.15) is 0 Å². The Labute approximate surface area is 109 Å². The fourth-order valence-electron chi connectivity index (χ4n) is 1.40. The zero-order valence-corrected chi connectivity index (χ0v) is 9.97. The number of alkyl halides is 6. The van der Waals surface area contributed by atoms with Crippen LogP contribution in [0.15, 0.2) is 30.3 Å². The Morgan fingerprint density at radius 2 is 1.45 bits per heavy atom. The zero-order valence-electron chi connectivity index (χ0n) is 9.97. The predicted molar refractivity (Wildman–Crippen MR) is 57.9 cm³/mol. The van der Waals surface area contributed by atoms with Gasteiger partial charge in [-0.2, -0.15) is 26.3 Å². The Morgan fingerprint density at radius 3 is 1.80 bits per heavy atom. The minimum Gasteiger partial charge on any atom is -0.465 e. The predicted octanol–water partition coefficient (Wildman–Crippen LogP) is 3.98. The van der Waals surface area contributed by atoms with E-state index in [1.54, 1.807) is 0 Å². The third-order valence-electron chi connectivity index (χ3n) is 2.23. The molecule has 20 heavy (non-hydrogen) atoms. The SMILES string of the molecule is COC(=O)c1ccc(/C(=C\C(F)(F)F)C(F)(F)F)cc1. The maximum absolute atomic E-state index is 12.6. The standard InChI is InChI=1S/C12H8F6O2/c1-20-10(19)8-4-2-7(3-5-8)9(12(16,17)18)6-11(13,14)15/h2-6H,1H3/b9-6+. The molecule has 0 aromatic heterocycles. The number of carbonyl (C=O) groups excluding carboxylic acids is 1. The van der Waals surface area contributed by atoms with Crippen molar-refractivity contribution in [2.24, 2.45) is 0 Å². The first-order chi connectivity index (χ1) is 9.04. The molecule has 110 valence electrons. The molecule has 1 aromatic carbocycles. The summed E-state index contributed by atoms with van der Waals surface area (Å²) in [6.07, 6.45) is -11.1. The Balaban J connectivity index is 3.24. The number of carbonyl (C=O) groups is 1. The maximum Gasteiger partial charge on any atom is 0.417 e. The molecule has 0 aliphatic heterocycles. The molecule has 0 amide bonds. The molecule has 0 unspecified atom stereocenters. The Bertz CT molecular complexity index is 510. The Morgan fingerprint density at radius 1 is 1.00 bits per heavy atom. The van der Waals surface area contributed by atoms with Gasteiger partial charge >= 0.3 is 18.3 Å². The van der Waals surface area contributed by atoms with Crippen molar-refractivity contribution in [2.75, 3.05) is 7.11 Å². The van der Waals surface area contributed by atoms with Crippen molar-refractivity contribution in [3.63, 3.8) is 0 Å². The molecule has 0 aliphatic carbocycles. The fourth-order valence-corrected chi connectivity index (χ4v) is 1.40. The third kappa shape index (κ3) is 4.29. The lowest BCUT2D eigenvalue weighted by molar-refractivity contribution is -0.0911. The quantitative estimate of drug-likeness (QED) is 0.610. The van der Waals surface area contributed by atoms with Gasteiger partial charge in [0.15, 0.2) is 0 Å². The van der Waals surface area contributed by atoms with Crippen molar-refractivity contribution >= 4 is 11.5 Å². The molecule has 0 radical (unpaired) electrons. The second kappa shape index (κ2) is 5.56. The highest BCUT2D eigenvalue weighted by atomic mass is 19.4. The number of hydrogen-bond acceptors (Lipinski definition) is 2. The average molecular weight is 298 g/mol. The molecule has 0 aliphatic rings. The summed E-state index contributed by atoms with van der Waals surface area (Å²) in [5.74, 6) is -0.801. The summed E-state index contributed by atoms with van der Waals surface area (Å²) in [5, 5.41) is 0. The van der Waals surface area contributed by atoms with E-state index in [1.165, 1.54) is 0 Å². The maximum atomic E-state index is 12.6. The highest BCUT2D eigenvalue weighted by Gasteiger charge is 2.39. The first-order valence-electron chi connectivity index (χ1n) is 5.10. The summed E-state index contributed by atoms with van der Waals surface area (Å²) < 4.78 is 78.5. The topological polar surface area (TPSA) is 26.3 Å². The molecule has 0 fully saturated rings. The minimum absolute atomic E-state index is 0.0650. The molecule has 8 heteroatoms. The summed E-state index contributed by atoms with van der Waals surface area (Å²) >= 11 is 0. The molecular weight excluding hydrogens is 290 g/mol. The molecule has 0 saturated carbocycles. The van der Waals surface area contributed by atoms with E-state index in [-0.39, 0.29) is 5.56 Å². The van der Waals surface area contributed by atoms with E-state index in [2.05, 4.69) is 4.74 Å². The lowest BCUT2D eigenvalue weighted by atomic mass is 10.0. The van der Waals surface area contributed by atoms with Gasteiger partial charge in [-0.3, -0.25) is 0 Å². The fraction of sp³-hybridized carbons (Fsp3) is 0.250. The van der Waals surface area contributed by atoms with Gasteiger partial charge < -0.3 is 4.74 Å². The lowest BCUT2D eigenvalue weighted by Gasteiger charge is -2.13. The van der Waals surface area contributed by atoms with Crippen LogP contribution in [-0.2, 0) is 4.74 Å². The van der Waals surface area contributed by atoms with Crippen LogP contribution in [0.3, 0.4) is 0 Å². The number of benzene rings is 1. The van der Waals surface area contributed by atoms with Gasteiger partial charge in [0.25, 0.3) is 0 Å². The van der Waals surface area contributed by atoms with Gasteiger partial charge in [-0.15, -0.1) is 0 Å². The van der Waals surface area contributed by atoms with Crippen molar-refractivity contribution in [1.29, 1.82) is 0 Å². The second-order valence-corrected chi connectivity index (χ2v) is 3.67. The van der Waals surface area contributed by atoms with Crippen LogP contribution in [0.4, 0.5) is 26.3 Å². The number of halogens is 6. The second-order valence-electron chi connectivity index (χ2n) is 3.67. The molecule has 0 bridgehead atoms. The monoisotopic (exact) mass is 298 g/mol.